The van der Waals surface area contributed by atoms with Gasteiger partial charge < -0.3 is 29.4 Å². The summed E-state index contributed by atoms with van der Waals surface area (Å²) in [6.45, 7) is 4.30. The first kappa shape index (κ1) is 21.1. The molecular formula is C24H30FN9O3. The van der Waals surface area contributed by atoms with E-state index in [1.165, 1.54) is 23.0 Å². The second-order valence-electron chi connectivity index (χ2n) is 8.58. The maximum absolute atomic E-state index is 14.8. The first-order valence-corrected chi connectivity index (χ1v) is 11.8. The van der Waals surface area contributed by atoms with E-state index in [2.05, 4.69) is 29.7 Å². The Balaban J connectivity index is 1.11. The molecule has 0 unspecified atom stereocenters. The Bertz CT molecular complexity index is 1430. The lowest BCUT2D eigenvalue weighted by Crippen LogP contribution is -2.48. The van der Waals surface area contributed by atoms with Gasteiger partial charge in [0.2, 0.25) is 11.8 Å². The number of aromatic nitrogens is 5. The number of nitrogens with zero attached hydrogens (tertiary/aromatic N) is 8. The van der Waals surface area contributed by atoms with E-state index in [0.29, 0.717) is 54.3 Å². The summed E-state index contributed by atoms with van der Waals surface area (Å²) in [4.78, 5) is 19.3. The van der Waals surface area contributed by atoms with Crippen molar-refractivity contribution in [3.63, 3.8) is 0 Å². The molecule has 4 heterocycles. The smallest absolute Gasteiger partial charge is 0.266 e. The van der Waals surface area contributed by atoms with Crippen molar-refractivity contribution >= 4 is 23.1 Å². The molecule has 0 bridgehead atoms. The summed E-state index contributed by atoms with van der Waals surface area (Å²) in [5, 5.41) is 4.32. The number of oxazole rings is 1. The molecule has 0 aliphatic carbocycles. The molecule has 4 aromatic rings. The van der Waals surface area contributed by atoms with Crippen LogP contribution in [0.15, 0.2) is 41.1 Å². The summed E-state index contributed by atoms with van der Waals surface area (Å²) < 4.78 is 52.6. The quantitative estimate of drug-likeness (QED) is 0.312. The van der Waals surface area contributed by atoms with Crippen LogP contribution in [0.3, 0.4) is 0 Å². The lowest BCUT2D eigenvalue weighted by Gasteiger charge is -2.37. The fraction of sp³-hybridized carbons (Fsp3) is 0.417. The maximum atomic E-state index is 14.8. The highest BCUT2D eigenvalue weighted by molar-refractivity contribution is 5.58. The van der Waals surface area contributed by atoms with Crippen LogP contribution in [0.1, 0.15) is 4.11 Å². The molecule has 1 saturated heterocycles. The van der Waals surface area contributed by atoms with Crippen molar-refractivity contribution in [2.45, 2.75) is 0 Å². The molecule has 3 aromatic heterocycles. The standard InChI is InChI=1S/C24H30FN9O3/c1-31(20-16-21-28-22(23-27-5-12-37-23)30-34(21)24(26)29-20)6-7-32-8-10-33(11-9-32)19-4-3-17(15-18(19)25)36-14-13-35-2/h3-5,12,15-16H,6-11,13-14H2,1-2H3,(H2,26,29)/i2D3. The van der Waals surface area contributed by atoms with Gasteiger partial charge >= 0.3 is 0 Å². The molecule has 1 aliphatic rings. The molecule has 0 saturated carbocycles. The van der Waals surface area contributed by atoms with Gasteiger partial charge in [0.15, 0.2) is 5.65 Å². The SMILES string of the molecule is [2H]C([2H])([2H])OCCOc1ccc(N2CCN(CCN(C)c3cc4nc(-c5ncco5)nn4c(N)n3)CC2)c(F)c1. The van der Waals surface area contributed by atoms with E-state index in [9.17, 15) is 4.39 Å². The van der Waals surface area contributed by atoms with E-state index in [4.69, 9.17) is 19.0 Å². The first-order chi connectivity index (χ1) is 19.2. The van der Waals surface area contributed by atoms with Crippen LogP contribution in [0.4, 0.5) is 21.8 Å². The van der Waals surface area contributed by atoms with Crippen LogP contribution < -0.4 is 20.3 Å². The van der Waals surface area contributed by atoms with Crippen molar-refractivity contribution in [3.8, 4) is 17.5 Å². The van der Waals surface area contributed by atoms with E-state index < -0.39 is 7.04 Å². The van der Waals surface area contributed by atoms with E-state index in [0.717, 1.165) is 19.6 Å². The van der Waals surface area contributed by atoms with Gasteiger partial charge in [-0.05, 0) is 12.1 Å². The molecule has 2 N–H and O–H groups in total. The number of halogens is 1. The molecule has 13 heteroatoms. The minimum Gasteiger partial charge on any atom is -0.491 e. The number of rotatable bonds is 10. The minimum absolute atomic E-state index is 0.0166. The highest BCUT2D eigenvalue weighted by Crippen LogP contribution is 2.25. The second-order valence-corrected chi connectivity index (χ2v) is 8.58. The number of ether oxygens (including phenoxy) is 2. The molecule has 37 heavy (non-hydrogen) atoms. The van der Waals surface area contributed by atoms with Gasteiger partial charge in [0.1, 0.15) is 30.3 Å². The van der Waals surface area contributed by atoms with Gasteiger partial charge in [-0.25, -0.2) is 14.4 Å². The summed E-state index contributed by atoms with van der Waals surface area (Å²) in [6, 6.07) is 6.48. The number of nitrogen functional groups attached to an aromatic ring is 1. The average Bonchev–Trinajstić information content (AvgIpc) is 3.60. The number of fused-ring (bicyclic) bond motifs is 1. The summed E-state index contributed by atoms with van der Waals surface area (Å²) in [5.41, 5.74) is 7.18. The molecule has 5 rings (SSSR count). The number of benzene rings is 1. The zero-order chi connectivity index (χ0) is 28.3. The van der Waals surface area contributed by atoms with E-state index in [1.54, 1.807) is 12.1 Å². The van der Waals surface area contributed by atoms with Gasteiger partial charge in [-0.2, -0.15) is 9.50 Å². The van der Waals surface area contributed by atoms with Crippen LogP contribution in [-0.4, -0.2) is 96.0 Å². The number of piperazine rings is 1. The van der Waals surface area contributed by atoms with Crippen molar-refractivity contribution in [1.82, 2.24) is 29.5 Å². The highest BCUT2D eigenvalue weighted by atomic mass is 19.1. The third-order valence-electron chi connectivity index (χ3n) is 6.19. The van der Waals surface area contributed by atoms with Crippen LogP contribution in [0.2, 0.25) is 0 Å². The Morgan fingerprint density at radius 1 is 1.19 bits per heavy atom. The normalized spacial score (nSPS) is 15.9. The zero-order valence-corrected chi connectivity index (χ0v) is 20.4. The molecule has 196 valence electrons. The predicted molar refractivity (Wildman–Crippen MR) is 136 cm³/mol. The lowest BCUT2D eigenvalue weighted by molar-refractivity contribution is 0.146. The Morgan fingerprint density at radius 3 is 2.81 bits per heavy atom. The third kappa shape index (κ3) is 5.57. The molecule has 1 aromatic carbocycles. The summed E-state index contributed by atoms with van der Waals surface area (Å²) in [7, 11) is -0.537. The molecular weight excluding hydrogens is 481 g/mol. The largest absolute Gasteiger partial charge is 0.491 e. The van der Waals surface area contributed by atoms with Crippen molar-refractivity contribution < 1.29 is 22.4 Å². The number of nitrogens with two attached hydrogens (primary N) is 1. The lowest BCUT2D eigenvalue weighted by atomic mass is 10.2. The molecule has 0 atom stereocenters. The van der Waals surface area contributed by atoms with E-state index >= 15 is 0 Å². The van der Waals surface area contributed by atoms with Crippen LogP contribution in [0.25, 0.3) is 17.4 Å². The predicted octanol–water partition coefficient (Wildman–Crippen LogP) is 1.78. The van der Waals surface area contributed by atoms with Crippen LogP contribution in [-0.2, 0) is 4.74 Å². The molecule has 0 radical (unpaired) electrons. The highest BCUT2D eigenvalue weighted by Gasteiger charge is 2.21. The van der Waals surface area contributed by atoms with Crippen LogP contribution in [0.5, 0.6) is 5.75 Å². The monoisotopic (exact) mass is 514 g/mol. The number of hydrogen-bond acceptors (Lipinski definition) is 11. The van der Waals surface area contributed by atoms with Crippen LogP contribution in [0, 0.1) is 5.82 Å². The van der Waals surface area contributed by atoms with Gasteiger partial charge in [-0.3, -0.25) is 4.90 Å². The van der Waals surface area contributed by atoms with Crippen LogP contribution >= 0.6 is 0 Å². The Labute approximate surface area is 217 Å². The topological polar surface area (TPSA) is 123 Å². The van der Waals surface area contributed by atoms with Crippen molar-refractivity contribution in [2.75, 3.05) is 82.1 Å². The Hall–Kier alpha value is -3.97. The number of methoxy groups -OCH3 is 1. The number of anilines is 3. The van der Waals surface area contributed by atoms with Gasteiger partial charge in [-0.1, -0.05) is 0 Å². The summed E-state index contributed by atoms with van der Waals surface area (Å²) in [5.74, 6) is 1.45. The van der Waals surface area contributed by atoms with Crippen molar-refractivity contribution in [3.05, 3.63) is 42.5 Å². The van der Waals surface area contributed by atoms with E-state index in [1.807, 2.05) is 22.9 Å². The summed E-state index contributed by atoms with van der Waals surface area (Å²) >= 11 is 0. The Kier molecular flexibility index (Phi) is 6.27. The summed E-state index contributed by atoms with van der Waals surface area (Å²) in [6.07, 6.45) is 2.98. The Morgan fingerprint density at radius 2 is 2.05 bits per heavy atom. The van der Waals surface area contributed by atoms with Gasteiger partial charge in [0.25, 0.3) is 5.89 Å². The maximum Gasteiger partial charge on any atom is 0.266 e. The van der Waals surface area contributed by atoms with E-state index in [-0.39, 0.29) is 25.0 Å². The van der Waals surface area contributed by atoms with Gasteiger partial charge in [-0.15, -0.1) is 5.10 Å². The van der Waals surface area contributed by atoms with Gasteiger partial charge in [0.05, 0.1) is 22.6 Å². The molecule has 12 nitrogen and oxygen atoms in total. The second kappa shape index (κ2) is 11.0. The third-order valence-corrected chi connectivity index (χ3v) is 6.19. The number of likely N-dealkylation sites (N-methyl/N-ethyl adjacent to an activating group) is 1. The molecule has 1 fully saturated rings. The number of hydrogen-bond donors (Lipinski definition) is 1. The fourth-order valence-electron chi connectivity index (χ4n) is 4.17. The van der Waals surface area contributed by atoms with Crippen molar-refractivity contribution in [1.29, 1.82) is 0 Å². The zero-order valence-electron chi connectivity index (χ0n) is 23.4. The minimum atomic E-state index is -2.48. The molecule has 0 amide bonds. The van der Waals surface area contributed by atoms with Crippen molar-refractivity contribution in [2.24, 2.45) is 0 Å². The molecule has 0 spiro atoms. The first-order valence-electron chi connectivity index (χ1n) is 13.3. The molecule has 1 aliphatic heterocycles. The van der Waals surface area contributed by atoms with Gasteiger partial charge in [0, 0.05) is 65.5 Å². The average molecular weight is 515 g/mol. The fourth-order valence-corrected chi connectivity index (χ4v) is 4.17.